The number of likely N-dealkylation sites (tertiary alicyclic amines) is 1. The van der Waals surface area contributed by atoms with Crippen molar-refractivity contribution < 1.29 is 27.5 Å². The Kier molecular flexibility index (Phi) is 8.49. The lowest BCUT2D eigenvalue weighted by molar-refractivity contribution is -0.143. The summed E-state index contributed by atoms with van der Waals surface area (Å²) >= 11 is 3.22. The summed E-state index contributed by atoms with van der Waals surface area (Å²) in [5.41, 5.74) is 0.831. The van der Waals surface area contributed by atoms with Gasteiger partial charge in [-0.15, -0.1) is 0 Å². The van der Waals surface area contributed by atoms with Crippen LogP contribution in [0.15, 0.2) is 24.3 Å². The van der Waals surface area contributed by atoms with Crippen LogP contribution in [0.3, 0.4) is 0 Å². The van der Waals surface area contributed by atoms with Crippen molar-refractivity contribution >= 4 is 27.7 Å². The van der Waals surface area contributed by atoms with Crippen LogP contribution >= 0.6 is 15.9 Å². The first-order valence-corrected chi connectivity index (χ1v) is 10.5. The van der Waals surface area contributed by atoms with Crippen LogP contribution in [0.1, 0.15) is 37.3 Å². The normalized spacial score (nSPS) is 18.1. The largest absolute Gasteiger partial charge is 0.466 e. The van der Waals surface area contributed by atoms with Crippen LogP contribution in [0.2, 0.25) is 0 Å². The van der Waals surface area contributed by atoms with Crippen LogP contribution in [0.4, 0.5) is 13.2 Å². The Bertz CT molecular complexity index is 678. The predicted molar refractivity (Wildman–Crippen MR) is 104 cm³/mol. The number of rotatable bonds is 9. The molecule has 1 aliphatic heterocycles. The number of hydrogen-bond donors (Lipinski definition) is 0. The van der Waals surface area contributed by atoms with Crippen LogP contribution in [0, 0.1) is 0 Å². The molecule has 0 amide bonds. The Balaban J connectivity index is 2.19. The van der Waals surface area contributed by atoms with Crippen LogP contribution in [-0.4, -0.2) is 54.4 Å². The smallest absolute Gasteiger partial charge is 0.306 e. The maximum Gasteiger partial charge on any atom is 0.306 e. The Morgan fingerprint density at radius 3 is 2.50 bits per heavy atom. The van der Waals surface area contributed by atoms with Crippen molar-refractivity contribution in [3.05, 3.63) is 35.4 Å². The van der Waals surface area contributed by atoms with E-state index >= 15 is 0 Å². The highest BCUT2D eigenvalue weighted by molar-refractivity contribution is 9.09. The molecule has 4 nitrogen and oxygen atoms in total. The lowest BCUT2D eigenvalue weighted by atomic mass is 9.69. The topological polar surface area (TPSA) is 46.6 Å². The van der Waals surface area contributed by atoms with Gasteiger partial charge in [-0.1, -0.05) is 40.2 Å². The zero-order chi connectivity index (χ0) is 20.7. The molecular formula is C20H25BrF3NO3. The van der Waals surface area contributed by atoms with Gasteiger partial charge in [0.2, 0.25) is 6.30 Å². The van der Waals surface area contributed by atoms with E-state index in [4.69, 9.17) is 4.74 Å². The molecule has 1 atom stereocenters. The van der Waals surface area contributed by atoms with E-state index in [0.717, 1.165) is 16.0 Å². The zero-order valence-corrected chi connectivity index (χ0v) is 17.4. The van der Waals surface area contributed by atoms with Gasteiger partial charge in [-0.05, 0) is 37.3 Å². The van der Waals surface area contributed by atoms with Gasteiger partial charge in [0.1, 0.15) is 0 Å². The molecule has 0 radical (unpaired) electrons. The maximum absolute atomic E-state index is 13.7. The number of aryl methyl sites for hydroxylation is 1. The average molecular weight is 464 g/mol. The number of halogens is 4. The highest BCUT2D eigenvalue weighted by Gasteiger charge is 2.44. The van der Waals surface area contributed by atoms with Crippen LogP contribution in [-0.2, 0) is 26.2 Å². The number of carbonyl (C=O) groups is 2. The van der Waals surface area contributed by atoms with Gasteiger partial charge in [-0.2, -0.15) is 0 Å². The second-order valence-electron chi connectivity index (χ2n) is 6.89. The maximum atomic E-state index is 13.7. The average Bonchev–Trinajstić information content (AvgIpc) is 2.71. The first kappa shape index (κ1) is 22.9. The predicted octanol–water partition coefficient (Wildman–Crippen LogP) is 4.04. The summed E-state index contributed by atoms with van der Waals surface area (Å²) in [6.45, 7) is 2.23. The standard InChI is InChI=1S/C20H25BrF3NO3/c1-2-28-17(27)7-6-14-4-3-5-15(12-14)20(16(26)13-21)8-10-25(11-9-20)19(24)18(22)23/h3-5,12,18-19H,2,6-11,13H2,1H3. The lowest BCUT2D eigenvalue weighted by Crippen LogP contribution is -2.51. The summed E-state index contributed by atoms with van der Waals surface area (Å²) in [6, 6.07) is 7.42. The van der Waals surface area contributed by atoms with Crippen molar-refractivity contribution in [3.63, 3.8) is 0 Å². The summed E-state index contributed by atoms with van der Waals surface area (Å²) in [4.78, 5) is 25.5. The molecule has 0 bridgehead atoms. The molecule has 0 N–H and O–H groups in total. The van der Waals surface area contributed by atoms with Gasteiger partial charge < -0.3 is 4.74 Å². The van der Waals surface area contributed by atoms with E-state index in [0.29, 0.717) is 13.0 Å². The molecule has 0 aromatic heterocycles. The van der Waals surface area contributed by atoms with Crippen LogP contribution in [0.25, 0.3) is 0 Å². The van der Waals surface area contributed by atoms with E-state index in [2.05, 4.69) is 15.9 Å². The molecule has 0 aliphatic carbocycles. The van der Waals surface area contributed by atoms with Crippen molar-refractivity contribution in [1.82, 2.24) is 4.90 Å². The lowest BCUT2D eigenvalue weighted by Gasteiger charge is -2.42. The van der Waals surface area contributed by atoms with E-state index in [-0.39, 0.29) is 49.4 Å². The summed E-state index contributed by atoms with van der Waals surface area (Å²) in [6.07, 6.45) is -4.12. The summed E-state index contributed by atoms with van der Waals surface area (Å²) in [5, 5.41) is 0.133. The number of piperidine rings is 1. The van der Waals surface area contributed by atoms with Crippen molar-refractivity contribution in [1.29, 1.82) is 0 Å². The van der Waals surface area contributed by atoms with Gasteiger partial charge in [0.15, 0.2) is 5.78 Å². The second kappa shape index (κ2) is 10.4. The number of alkyl halides is 4. The van der Waals surface area contributed by atoms with Crippen LogP contribution < -0.4 is 0 Å². The number of nitrogens with zero attached hydrogens (tertiary/aromatic N) is 1. The first-order valence-electron chi connectivity index (χ1n) is 9.34. The zero-order valence-electron chi connectivity index (χ0n) is 15.8. The van der Waals surface area contributed by atoms with Crippen molar-refractivity contribution in [2.24, 2.45) is 0 Å². The number of ether oxygens (including phenoxy) is 1. The molecule has 1 heterocycles. The molecule has 156 valence electrons. The van der Waals surface area contributed by atoms with Gasteiger partial charge in [0.05, 0.1) is 17.4 Å². The van der Waals surface area contributed by atoms with E-state index in [9.17, 15) is 22.8 Å². The molecule has 1 saturated heterocycles. The van der Waals surface area contributed by atoms with Gasteiger partial charge in [-0.25, -0.2) is 13.2 Å². The quantitative estimate of drug-likeness (QED) is 0.315. The van der Waals surface area contributed by atoms with Crippen LogP contribution in [0.5, 0.6) is 0 Å². The summed E-state index contributed by atoms with van der Waals surface area (Å²) in [7, 11) is 0. The van der Waals surface area contributed by atoms with E-state index in [1.807, 2.05) is 24.3 Å². The highest BCUT2D eigenvalue weighted by atomic mass is 79.9. The van der Waals surface area contributed by atoms with Gasteiger partial charge in [-0.3, -0.25) is 14.5 Å². The molecule has 1 unspecified atom stereocenters. The fourth-order valence-electron chi connectivity index (χ4n) is 3.67. The molecule has 1 aliphatic rings. The van der Waals surface area contributed by atoms with Gasteiger partial charge in [0, 0.05) is 19.5 Å². The SMILES string of the molecule is CCOC(=O)CCc1cccc(C2(C(=O)CBr)CCN(C(F)C(F)F)CC2)c1. The fourth-order valence-corrected chi connectivity index (χ4v) is 4.21. The van der Waals surface area contributed by atoms with E-state index in [1.54, 1.807) is 6.92 Å². The minimum absolute atomic E-state index is 0.0536. The molecule has 28 heavy (non-hydrogen) atoms. The van der Waals surface area contributed by atoms with Crippen molar-refractivity contribution in [3.8, 4) is 0 Å². The molecule has 8 heteroatoms. The van der Waals surface area contributed by atoms with Gasteiger partial charge >= 0.3 is 5.97 Å². The molecule has 1 aromatic rings. The third kappa shape index (κ3) is 5.35. The third-order valence-electron chi connectivity index (χ3n) is 5.27. The van der Waals surface area contributed by atoms with E-state index < -0.39 is 18.1 Å². The molecule has 0 saturated carbocycles. The highest BCUT2D eigenvalue weighted by Crippen LogP contribution is 2.38. The molecule has 2 rings (SSSR count). The fraction of sp³-hybridized carbons (Fsp3) is 0.600. The first-order chi connectivity index (χ1) is 13.3. The number of carbonyl (C=O) groups excluding carboxylic acids is 2. The minimum atomic E-state index is -3.06. The Morgan fingerprint density at radius 1 is 1.25 bits per heavy atom. The van der Waals surface area contributed by atoms with Crippen molar-refractivity contribution in [2.45, 2.75) is 50.7 Å². The van der Waals surface area contributed by atoms with Gasteiger partial charge in [0.25, 0.3) is 6.43 Å². The molecule has 1 fully saturated rings. The Labute approximate surface area is 171 Å². The van der Waals surface area contributed by atoms with Crippen molar-refractivity contribution in [2.75, 3.05) is 25.0 Å². The Morgan fingerprint density at radius 2 is 1.93 bits per heavy atom. The summed E-state index contributed by atoms with van der Waals surface area (Å²) < 4.78 is 44.0. The number of esters is 1. The minimum Gasteiger partial charge on any atom is -0.466 e. The number of ketones is 1. The summed E-state index contributed by atoms with van der Waals surface area (Å²) in [5.74, 6) is -0.337. The second-order valence-corrected chi connectivity index (χ2v) is 7.45. The third-order valence-corrected chi connectivity index (χ3v) is 5.78. The number of hydrogen-bond acceptors (Lipinski definition) is 4. The number of Topliss-reactive ketones (excluding diaryl/α,β-unsaturated/α-hetero) is 1. The molecule has 1 aromatic carbocycles. The molecule has 0 spiro atoms. The number of benzene rings is 1. The van der Waals surface area contributed by atoms with E-state index in [1.165, 1.54) is 0 Å². The Hall–Kier alpha value is -1.41. The molecular weight excluding hydrogens is 439 g/mol. The monoisotopic (exact) mass is 463 g/mol.